The Morgan fingerprint density at radius 1 is 1.35 bits per heavy atom. The molecule has 0 radical (unpaired) electrons. The third-order valence-corrected chi connectivity index (χ3v) is 3.44. The minimum absolute atomic E-state index is 0.0285. The Morgan fingerprint density at radius 2 is 2.05 bits per heavy atom. The largest absolute Gasteiger partial charge is 0.370 e. The molecule has 8 nitrogen and oxygen atoms in total. The van der Waals surface area contributed by atoms with Crippen molar-refractivity contribution in [3.8, 4) is 0 Å². The summed E-state index contributed by atoms with van der Waals surface area (Å²) in [6.45, 7) is 2.84. The van der Waals surface area contributed by atoms with Gasteiger partial charge in [-0.1, -0.05) is 0 Å². The maximum Gasteiger partial charge on any atom is 0.311 e. The van der Waals surface area contributed by atoms with Crippen LogP contribution in [-0.2, 0) is 9.84 Å². The number of sulfone groups is 1. The third kappa shape index (κ3) is 5.39. The molecule has 0 aliphatic rings. The van der Waals surface area contributed by atoms with Gasteiger partial charge in [0.2, 0.25) is 5.82 Å². The number of hydrogen-bond donors (Lipinski definition) is 2. The first-order valence-electron chi connectivity index (χ1n) is 6.14. The van der Waals surface area contributed by atoms with Crippen LogP contribution in [0.2, 0.25) is 0 Å². The number of aromatic nitrogens is 1. The summed E-state index contributed by atoms with van der Waals surface area (Å²) in [6, 6.07) is 2.90. The van der Waals surface area contributed by atoms with Gasteiger partial charge < -0.3 is 10.6 Å². The quantitative estimate of drug-likeness (QED) is 0.422. The van der Waals surface area contributed by atoms with Crippen LogP contribution >= 0.6 is 0 Å². The predicted octanol–water partition coefficient (Wildman–Crippen LogP) is 1.27. The van der Waals surface area contributed by atoms with E-state index >= 15 is 0 Å². The first-order chi connectivity index (χ1) is 9.33. The molecular weight excluding hydrogens is 284 g/mol. The Bertz CT molecular complexity index is 574. The van der Waals surface area contributed by atoms with E-state index in [0.717, 1.165) is 6.26 Å². The summed E-state index contributed by atoms with van der Waals surface area (Å²) < 4.78 is 22.0. The highest BCUT2D eigenvalue weighted by Gasteiger charge is 2.15. The molecule has 1 heterocycles. The van der Waals surface area contributed by atoms with Gasteiger partial charge in [-0.25, -0.2) is 13.4 Å². The van der Waals surface area contributed by atoms with Crippen LogP contribution in [0.3, 0.4) is 0 Å². The van der Waals surface area contributed by atoms with Crippen LogP contribution in [0.25, 0.3) is 0 Å². The number of rotatable bonds is 8. The standard InChI is InChI=1S/C11H18N4O4S/c1-3-12-10-6-5-9(15(16)17)11(14-10)13-7-4-8-20(2,18)19/h5-6H,3-4,7-8H2,1-2H3,(H2,12,13,14). The van der Waals surface area contributed by atoms with Gasteiger partial charge in [0.25, 0.3) is 0 Å². The van der Waals surface area contributed by atoms with Crippen LogP contribution < -0.4 is 10.6 Å². The van der Waals surface area contributed by atoms with Crippen molar-refractivity contribution in [1.29, 1.82) is 0 Å². The second kappa shape index (κ2) is 7.04. The molecule has 0 unspecified atom stereocenters. The van der Waals surface area contributed by atoms with E-state index in [2.05, 4.69) is 15.6 Å². The lowest BCUT2D eigenvalue weighted by atomic mass is 10.3. The molecule has 0 aromatic carbocycles. The molecule has 1 rings (SSSR count). The van der Waals surface area contributed by atoms with Gasteiger partial charge in [-0.3, -0.25) is 10.1 Å². The Kier molecular flexibility index (Phi) is 5.68. The minimum atomic E-state index is -3.03. The summed E-state index contributed by atoms with van der Waals surface area (Å²) >= 11 is 0. The topological polar surface area (TPSA) is 114 Å². The van der Waals surface area contributed by atoms with Gasteiger partial charge in [0.15, 0.2) is 0 Å². The average molecular weight is 302 g/mol. The molecule has 0 saturated heterocycles. The molecular formula is C11H18N4O4S. The highest BCUT2D eigenvalue weighted by molar-refractivity contribution is 7.90. The number of pyridine rings is 1. The highest BCUT2D eigenvalue weighted by Crippen LogP contribution is 2.23. The van der Waals surface area contributed by atoms with Gasteiger partial charge in [-0.15, -0.1) is 0 Å². The van der Waals surface area contributed by atoms with Crippen LogP contribution in [-0.4, -0.2) is 43.4 Å². The number of nitrogens with one attached hydrogen (secondary N) is 2. The van der Waals surface area contributed by atoms with Crippen molar-refractivity contribution in [1.82, 2.24) is 4.98 Å². The second-order valence-corrected chi connectivity index (χ2v) is 6.52. The monoisotopic (exact) mass is 302 g/mol. The first-order valence-corrected chi connectivity index (χ1v) is 8.20. The van der Waals surface area contributed by atoms with Crippen molar-refractivity contribution >= 4 is 27.2 Å². The summed E-state index contributed by atoms with van der Waals surface area (Å²) in [7, 11) is -3.03. The minimum Gasteiger partial charge on any atom is -0.370 e. The SMILES string of the molecule is CCNc1ccc([N+](=O)[O-])c(NCCCS(C)(=O)=O)n1. The Hall–Kier alpha value is -1.90. The van der Waals surface area contributed by atoms with E-state index in [1.807, 2.05) is 6.92 Å². The molecule has 20 heavy (non-hydrogen) atoms. The van der Waals surface area contributed by atoms with Crippen LogP contribution in [0.1, 0.15) is 13.3 Å². The average Bonchev–Trinajstić information content (AvgIpc) is 2.34. The molecule has 0 bridgehead atoms. The van der Waals surface area contributed by atoms with Gasteiger partial charge in [-0.2, -0.15) is 0 Å². The summed E-state index contributed by atoms with van der Waals surface area (Å²) in [5.74, 6) is 0.700. The normalized spacial score (nSPS) is 11.1. The van der Waals surface area contributed by atoms with E-state index in [4.69, 9.17) is 0 Å². The molecule has 0 spiro atoms. The zero-order valence-corrected chi connectivity index (χ0v) is 12.2. The lowest BCUT2D eigenvalue weighted by Crippen LogP contribution is -2.12. The molecule has 0 aliphatic carbocycles. The van der Waals surface area contributed by atoms with Crippen molar-refractivity contribution in [2.75, 3.05) is 35.7 Å². The Labute approximate surface area is 117 Å². The summed E-state index contributed by atoms with van der Waals surface area (Å²) in [5.41, 5.74) is -0.133. The third-order valence-electron chi connectivity index (χ3n) is 2.41. The zero-order chi connectivity index (χ0) is 15.2. The van der Waals surface area contributed by atoms with E-state index in [1.54, 1.807) is 0 Å². The van der Waals surface area contributed by atoms with Crippen molar-refractivity contribution in [3.05, 3.63) is 22.2 Å². The molecule has 0 aliphatic heterocycles. The van der Waals surface area contributed by atoms with Crippen molar-refractivity contribution in [3.63, 3.8) is 0 Å². The number of hydrogen-bond acceptors (Lipinski definition) is 7. The fourth-order valence-corrected chi connectivity index (χ4v) is 2.22. The summed E-state index contributed by atoms with van der Waals surface area (Å²) in [5, 5.41) is 16.7. The van der Waals surface area contributed by atoms with Crippen LogP contribution in [0.5, 0.6) is 0 Å². The van der Waals surface area contributed by atoms with E-state index in [1.165, 1.54) is 12.1 Å². The second-order valence-electron chi connectivity index (χ2n) is 4.26. The van der Waals surface area contributed by atoms with Crippen LogP contribution in [0, 0.1) is 10.1 Å². The Balaban J connectivity index is 2.74. The fourth-order valence-electron chi connectivity index (χ4n) is 1.55. The molecule has 112 valence electrons. The number of nitrogens with zero attached hydrogens (tertiary/aromatic N) is 2. The molecule has 2 N–H and O–H groups in total. The number of anilines is 2. The van der Waals surface area contributed by atoms with Gasteiger partial charge >= 0.3 is 5.69 Å². The lowest BCUT2D eigenvalue weighted by molar-refractivity contribution is -0.384. The van der Waals surface area contributed by atoms with Crippen LogP contribution in [0.4, 0.5) is 17.3 Å². The van der Waals surface area contributed by atoms with Gasteiger partial charge in [0.05, 0.1) is 10.7 Å². The van der Waals surface area contributed by atoms with Gasteiger partial charge in [-0.05, 0) is 19.4 Å². The number of nitro groups is 1. The summed E-state index contributed by atoms with van der Waals surface area (Å²) in [6.07, 6.45) is 1.52. The molecule has 1 aromatic heterocycles. The zero-order valence-electron chi connectivity index (χ0n) is 11.4. The molecule has 1 aromatic rings. The smallest absolute Gasteiger partial charge is 0.311 e. The van der Waals surface area contributed by atoms with E-state index in [0.29, 0.717) is 25.3 Å². The fraction of sp³-hybridized carbons (Fsp3) is 0.545. The lowest BCUT2D eigenvalue weighted by Gasteiger charge is -2.08. The van der Waals surface area contributed by atoms with Gasteiger partial charge in [0, 0.05) is 25.4 Å². The molecule has 9 heteroatoms. The van der Waals surface area contributed by atoms with Crippen molar-refractivity contribution in [2.24, 2.45) is 0 Å². The van der Waals surface area contributed by atoms with E-state index < -0.39 is 14.8 Å². The predicted molar refractivity (Wildman–Crippen MR) is 77.9 cm³/mol. The van der Waals surface area contributed by atoms with Gasteiger partial charge in [0.1, 0.15) is 15.7 Å². The maximum atomic E-state index is 11.0. The Morgan fingerprint density at radius 3 is 2.60 bits per heavy atom. The molecule has 0 saturated carbocycles. The maximum absolute atomic E-state index is 11.0. The first kappa shape index (κ1) is 16.2. The molecule has 0 atom stereocenters. The highest BCUT2D eigenvalue weighted by atomic mass is 32.2. The van der Waals surface area contributed by atoms with Crippen molar-refractivity contribution in [2.45, 2.75) is 13.3 Å². The van der Waals surface area contributed by atoms with E-state index in [-0.39, 0.29) is 17.3 Å². The summed E-state index contributed by atoms with van der Waals surface area (Å²) in [4.78, 5) is 14.5. The van der Waals surface area contributed by atoms with E-state index in [9.17, 15) is 18.5 Å². The van der Waals surface area contributed by atoms with Crippen molar-refractivity contribution < 1.29 is 13.3 Å². The molecule has 0 fully saturated rings. The van der Waals surface area contributed by atoms with Crippen LogP contribution in [0.15, 0.2) is 12.1 Å². The molecule has 0 amide bonds.